The van der Waals surface area contributed by atoms with Gasteiger partial charge in [0.15, 0.2) is 6.61 Å². The highest BCUT2D eigenvalue weighted by Gasteiger charge is 2.25. The number of carbonyl (C=O) groups excluding carboxylic acids is 3. The number of ether oxygens (including phenoxy) is 1. The number of hydrogen-bond acceptors (Lipinski definition) is 6. The Hall–Kier alpha value is -3.24. The van der Waals surface area contributed by atoms with Crippen molar-refractivity contribution in [3.8, 4) is 0 Å². The van der Waals surface area contributed by atoms with Gasteiger partial charge in [-0.25, -0.2) is 13.2 Å². The Balaban J connectivity index is 1.55. The van der Waals surface area contributed by atoms with Crippen LogP contribution in [-0.4, -0.2) is 50.2 Å². The number of carbonyl (C=O) groups is 3. The molecule has 32 heavy (non-hydrogen) atoms. The molecule has 0 unspecified atom stereocenters. The monoisotopic (exact) mass is 459 g/mol. The molecule has 10 heteroatoms. The van der Waals surface area contributed by atoms with Crippen molar-refractivity contribution >= 4 is 33.5 Å². The normalized spacial score (nSPS) is 14.9. The summed E-state index contributed by atoms with van der Waals surface area (Å²) >= 11 is 0. The zero-order valence-corrected chi connectivity index (χ0v) is 18.3. The Morgan fingerprint density at radius 2 is 1.44 bits per heavy atom. The molecule has 0 spiro atoms. The van der Waals surface area contributed by atoms with Gasteiger partial charge in [0.05, 0.1) is 10.5 Å². The Morgan fingerprint density at radius 1 is 0.875 bits per heavy atom. The summed E-state index contributed by atoms with van der Waals surface area (Å²) in [6, 6.07) is 11.4. The molecule has 1 aliphatic heterocycles. The lowest BCUT2D eigenvalue weighted by atomic mass is 10.2. The van der Waals surface area contributed by atoms with E-state index in [-0.39, 0.29) is 10.5 Å². The smallest absolute Gasteiger partial charge is 0.338 e. The van der Waals surface area contributed by atoms with Gasteiger partial charge in [-0.15, -0.1) is 0 Å². The predicted octanol–water partition coefficient (Wildman–Crippen LogP) is 2.15. The van der Waals surface area contributed by atoms with E-state index in [1.54, 1.807) is 0 Å². The van der Waals surface area contributed by atoms with Crippen LogP contribution in [0.5, 0.6) is 0 Å². The summed E-state index contributed by atoms with van der Waals surface area (Å²) in [6.45, 7) is 0.462. The zero-order chi connectivity index (χ0) is 23.1. The molecule has 0 saturated carbocycles. The van der Waals surface area contributed by atoms with Gasteiger partial charge in [-0.2, -0.15) is 4.31 Å². The molecule has 1 aliphatic rings. The number of nitrogens with one attached hydrogen (secondary N) is 1. The number of nitrogens with zero attached hydrogens (tertiary/aromatic N) is 1. The first-order valence-electron chi connectivity index (χ1n) is 10.2. The number of nitrogens with two attached hydrogens (primary N) is 1. The van der Waals surface area contributed by atoms with Crippen molar-refractivity contribution in [2.24, 2.45) is 5.73 Å². The van der Waals surface area contributed by atoms with E-state index >= 15 is 0 Å². The third kappa shape index (κ3) is 5.92. The lowest BCUT2D eigenvalue weighted by Gasteiger charge is -2.19. The van der Waals surface area contributed by atoms with Gasteiger partial charge < -0.3 is 15.8 Å². The van der Waals surface area contributed by atoms with Crippen LogP contribution >= 0.6 is 0 Å². The van der Waals surface area contributed by atoms with Gasteiger partial charge in [0, 0.05) is 24.3 Å². The van der Waals surface area contributed by atoms with Crippen molar-refractivity contribution in [2.45, 2.75) is 30.6 Å². The summed E-state index contributed by atoms with van der Waals surface area (Å²) in [5, 5.41) is 2.53. The third-order valence-corrected chi connectivity index (χ3v) is 6.99. The molecule has 1 fully saturated rings. The Labute approximate surface area is 186 Å². The first-order chi connectivity index (χ1) is 15.3. The summed E-state index contributed by atoms with van der Waals surface area (Å²) in [5.41, 5.74) is 6.01. The van der Waals surface area contributed by atoms with Gasteiger partial charge in [-0.1, -0.05) is 12.8 Å². The summed E-state index contributed by atoms with van der Waals surface area (Å²) in [5.74, 6) is -1.89. The lowest BCUT2D eigenvalue weighted by Crippen LogP contribution is -2.31. The van der Waals surface area contributed by atoms with Gasteiger partial charge >= 0.3 is 5.97 Å². The Kier molecular flexibility index (Phi) is 7.60. The van der Waals surface area contributed by atoms with Crippen LogP contribution < -0.4 is 11.1 Å². The second-order valence-electron chi connectivity index (χ2n) is 7.41. The molecule has 0 atom stereocenters. The van der Waals surface area contributed by atoms with Crippen molar-refractivity contribution < 1.29 is 27.5 Å². The molecule has 2 aromatic carbocycles. The van der Waals surface area contributed by atoms with Crippen molar-refractivity contribution in [3.63, 3.8) is 0 Å². The molecule has 9 nitrogen and oxygen atoms in total. The van der Waals surface area contributed by atoms with Gasteiger partial charge in [0.1, 0.15) is 0 Å². The topological polar surface area (TPSA) is 136 Å². The largest absolute Gasteiger partial charge is 0.452 e. The van der Waals surface area contributed by atoms with E-state index in [0.29, 0.717) is 24.3 Å². The van der Waals surface area contributed by atoms with Crippen molar-refractivity contribution in [3.05, 3.63) is 59.7 Å². The number of esters is 1. The molecule has 0 radical (unpaired) electrons. The van der Waals surface area contributed by atoms with Crippen LogP contribution in [0, 0.1) is 0 Å². The maximum Gasteiger partial charge on any atom is 0.338 e. The molecule has 3 rings (SSSR count). The van der Waals surface area contributed by atoms with Crippen LogP contribution in [-0.2, 0) is 19.6 Å². The van der Waals surface area contributed by atoms with E-state index in [1.807, 2.05) is 0 Å². The number of hydrogen-bond donors (Lipinski definition) is 2. The number of rotatable bonds is 7. The van der Waals surface area contributed by atoms with Crippen LogP contribution in [0.15, 0.2) is 53.4 Å². The van der Waals surface area contributed by atoms with E-state index < -0.39 is 34.4 Å². The summed E-state index contributed by atoms with van der Waals surface area (Å²) in [7, 11) is -3.61. The number of benzene rings is 2. The Bertz CT molecular complexity index is 1070. The number of primary amides is 1. The molecule has 0 aliphatic carbocycles. The first kappa shape index (κ1) is 23.4. The minimum absolute atomic E-state index is 0.119. The first-order valence-corrected chi connectivity index (χ1v) is 11.7. The number of sulfonamides is 1. The molecule has 3 N–H and O–H groups in total. The lowest BCUT2D eigenvalue weighted by molar-refractivity contribution is -0.119. The minimum atomic E-state index is -3.61. The molecule has 2 amide bonds. The van der Waals surface area contributed by atoms with Crippen LogP contribution in [0.25, 0.3) is 0 Å². The molecule has 1 saturated heterocycles. The van der Waals surface area contributed by atoms with Crippen molar-refractivity contribution in [2.75, 3.05) is 25.0 Å². The fraction of sp³-hybridized carbons (Fsp3) is 0.318. The number of anilines is 1. The quantitative estimate of drug-likeness (QED) is 0.609. The summed E-state index contributed by atoms with van der Waals surface area (Å²) < 4.78 is 32.1. The molecule has 2 aromatic rings. The van der Waals surface area contributed by atoms with Crippen molar-refractivity contribution in [1.29, 1.82) is 0 Å². The second kappa shape index (κ2) is 10.4. The molecule has 0 aromatic heterocycles. The van der Waals surface area contributed by atoms with E-state index in [1.165, 1.54) is 52.8 Å². The molecule has 1 heterocycles. The van der Waals surface area contributed by atoms with Gasteiger partial charge in [0.25, 0.3) is 5.91 Å². The van der Waals surface area contributed by atoms with Crippen molar-refractivity contribution in [1.82, 2.24) is 4.31 Å². The van der Waals surface area contributed by atoms with Crippen LogP contribution in [0.3, 0.4) is 0 Å². The van der Waals surface area contributed by atoms with Gasteiger partial charge in [0.2, 0.25) is 15.9 Å². The second-order valence-corrected chi connectivity index (χ2v) is 9.35. The average molecular weight is 460 g/mol. The fourth-order valence-electron chi connectivity index (χ4n) is 3.32. The van der Waals surface area contributed by atoms with Crippen LogP contribution in [0.1, 0.15) is 46.4 Å². The highest BCUT2D eigenvalue weighted by atomic mass is 32.2. The maximum atomic E-state index is 12.8. The van der Waals surface area contributed by atoms with Gasteiger partial charge in [-0.05, 0) is 61.4 Å². The average Bonchev–Trinajstić information content (AvgIpc) is 3.08. The summed E-state index contributed by atoms with van der Waals surface area (Å²) in [6.07, 6.45) is 3.70. The highest BCUT2D eigenvalue weighted by Crippen LogP contribution is 2.21. The maximum absolute atomic E-state index is 12.8. The highest BCUT2D eigenvalue weighted by molar-refractivity contribution is 7.89. The van der Waals surface area contributed by atoms with E-state index in [4.69, 9.17) is 10.5 Å². The number of amides is 2. The standard InChI is InChI=1S/C22H25N3O6S/c23-21(27)16-5-9-18(10-6-16)24-20(26)15-31-22(28)17-7-11-19(12-8-17)32(29,30)25-13-3-1-2-4-14-25/h5-12H,1-4,13-15H2,(H2,23,27)(H,24,26). The van der Waals surface area contributed by atoms with Gasteiger partial charge in [-0.3, -0.25) is 9.59 Å². The zero-order valence-electron chi connectivity index (χ0n) is 17.5. The fourth-order valence-corrected chi connectivity index (χ4v) is 4.84. The SMILES string of the molecule is NC(=O)c1ccc(NC(=O)COC(=O)c2ccc(S(=O)(=O)N3CCCCCC3)cc2)cc1. The molecular weight excluding hydrogens is 434 g/mol. The Morgan fingerprint density at radius 3 is 2.00 bits per heavy atom. The third-order valence-electron chi connectivity index (χ3n) is 5.08. The van der Waals surface area contributed by atoms with E-state index in [2.05, 4.69) is 5.32 Å². The van der Waals surface area contributed by atoms with E-state index in [0.717, 1.165) is 25.7 Å². The minimum Gasteiger partial charge on any atom is -0.452 e. The molecular formula is C22H25N3O6S. The molecule has 170 valence electrons. The van der Waals surface area contributed by atoms with Crippen LogP contribution in [0.2, 0.25) is 0 Å². The summed E-state index contributed by atoms with van der Waals surface area (Å²) in [4.78, 5) is 35.4. The molecule has 0 bridgehead atoms. The predicted molar refractivity (Wildman–Crippen MR) is 118 cm³/mol. The van der Waals surface area contributed by atoms with Crippen LogP contribution in [0.4, 0.5) is 5.69 Å². The van der Waals surface area contributed by atoms with E-state index in [9.17, 15) is 22.8 Å².